The van der Waals surface area contributed by atoms with Gasteiger partial charge in [-0.1, -0.05) is 13.8 Å². The molecule has 1 atom stereocenters. The minimum Gasteiger partial charge on any atom is -0.379 e. The van der Waals surface area contributed by atoms with Gasteiger partial charge in [-0.2, -0.15) is 0 Å². The summed E-state index contributed by atoms with van der Waals surface area (Å²) in [5.74, 6) is 2.45. The summed E-state index contributed by atoms with van der Waals surface area (Å²) >= 11 is 0. The quantitative estimate of drug-likeness (QED) is 0.369. The van der Waals surface area contributed by atoms with Crippen molar-refractivity contribution in [3.8, 4) is 0 Å². The second kappa shape index (κ2) is 12.5. The maximum absolute atomic E-state index is 5.42. The molecule has 0 aromatic heterocycles. The van der Waals surface area contributed by atoms with Gasteiger partial charge in [-0.3, -0.25) is 9.89 Å². The van der Waals surface area contributed by atoms with E-state index in [-0.39, 0.29) is 0 Å². The van der Waals surface area contributed by atoms with Crippen LogP contribution in [0.5, 0.6) is 0 Å². The van der Waals surface area contributed by atoms with Crippen LogP contribution in [-0.4, -0.2) is 87.9 Å². The van der Waals surface area contributed by atoms with Crippen molar-refractivity contribution in [2.75, 3.05) is 72.1 Å². The lowest BCUT2D eigenvalue weighted by molar-refractivity contribution is 0.0323. The van der Waals surface area contributed by atoms with Gasteiger partial charge in [0.1, 0.15) is 0 Å². The molecular weight excluding hydrogens is 326 g/mol. The maximum atomic E-state index is 5.42. The fourth-order valence-electron chi connectivity index (χ4n) is 3.67. The summed E-state index contributed by atoms with van der Waals surface area (Å²) in [5.41, 5.74) is 0. The van der Waals surface area contributed by atoms with E-state index in [1.807, 2.05) is 0 Å². The fraction of sp³-hybridized carbons (Fsp3) is 0.950. The second-order valence-corrected chi connectivity index (χ2v) is 8.04. The van der Waals surface area contributed by atoms with Crippen molar-refractivity contribution in [3.05, 3.63) is 0 Å². The van der Waals surface area contributed by atoms with Gasteiger partial charge in [0.15, 0.2) is 5.96 Å². The van der Waals surface area contributed by atoms with Gasteiger partial charge in [0, 0.05) is 39.3 Å². The van der Waals surface area contributed by atoms with Crippen LogP contribution in [0.3, 0.4) is 0 Å². The average Bonchev–Trinajstić information content (AvgIpc) is 2.65. The number of piperidine rings is 1. The number of ether oxygens (including phenoxy) is 1. The van der Waals surface area contributed by atoms with Crippen molar-refractivity contribution in [2.45, 2.75) is 40.0 Å². The lowest BCUT2D eigenvalue weighted by atomic mass is 9.99. The highest BCUT2D eigenvalue weighted by molar-refractivity contribution is 5.79. The van der Waals surface area contributed by atoms with E-state index < -0.39 is 0 Å². The molecule has 152 valence electrons. The molecule has 0 aromatic carbocycles. The molecule has 26 heavy (non-hydrogen) atoms. The highest BCUT2D eigenvalue weighted by Gasteiger charge is 2.15. The van der Waals surface area contributed by atoms with Crippen LogP contribution in [0.15, 0.2) is 4.99 Å². The predicted octanol–water partition coefficient (Wildman–Crippen LogP) is 1.63. The van der Waals surface area contributed by atoms with Crippen molar-refractivity contribution < 1.29 is 4.74 Å². The molecule has 2 aliphatic rings. The van der Waals surface area contributed by atoms with E-state index in [9.17, 15) is 0 Å². The van der Waals surface area contributed by atoms with Gasteiger partial charge >= 0.3 is 0 Å². The van der Waals surface area contributed by atoms with Crippen molar-refractivity contribution >= 4 is 5.96 Å². The Bertz CT molecular complexity index is 390. The molecule has 0 aliphatic carbocycles. The molecule has 0 amide bonds. The van der Waals surface area contributed by atoms with Crippen LogP contribution in [0.25, 0.3) is 0 Å². The van der Waals surface area contributed by atoms with Crippen molar-refractivity contribution in [1.82, 2.24) is 20.4 Å². The fourth-order valence-corrected chi connectivity index (χ4v) is 3.67. The van der Waals surface area contributed by atoms with Crippen LogP contribution in [0.2, 0.25) is 0 Å². The lowest BCUT2D eigenvalue weighted by Gasteiger charge is -2.30. The summed E-state index contributed by atoms with van der Waals surface area (Å²) in [7, 11) is 0. The van der Waals surface area contributed by atoms with Gasteiger partial charge in [-0.15, -0.1) is 0 Å². The number of nitrogens with one attached hydrogen (secondary N) is 2. The normalized spacial score (nSPS) is 22.3. The Hall–Kier alpha value is -0.850. The zero-order valence-electron chi connectivity index (χ0n) is 17.3. The third-order valence-corrected chi connectivity index (χ3v) is 5.40. The van der Waals surface area contributed by atoms with E-state index in [1.165, 1.54) is 38.9 Å². The predicted molar refractivity (Wildman–Crippen MR) is 110 cm³/mol. The Labute approximate surface area is 160 Å². The maximum Gasteiger partial charge on any atom is 0.191 e. The molecule has 2 saturated heterocycles. The molecule has 2 rings (SSSR count). The molecule has 0 aromatic rings. The van der Waals surface area contributed by atoms with E-state index in [0.29, 0.717) is 5.92 Å². The van der Waals surface area contributed by atoms with E-state index in [1.54, 1.807) is 0 Å². The minimum atomic E-state index is 0.568. The molecule has 2 heterocycles. The summed E-state index contributed by atoms with van der Waals surface area (Å²) in [6.45, 7) is 18.3. The molecule has 0 radical (unpaired) electrons. The van der Waals surface area contributed by atoms with Crippen LogP contribution in [-0.2, 0) is 4.74 Å². The molecule has 6 heteroatoms. The number of likely N-dealkylation sites (tertiary alicyclic amines) is 1. The summed E-state index contributed by atoms with van der Waals surface area (Å²) in [4.78, 5) is 9.89. The first-order valence-corrected chi connectivity index (χ1v) is 10.7. The minimum absolute atomic E-state index is 0.568. The Morgan fingerprint density at radius 3 is 2.54 bits per heavy atom. The van der Waals surface area contributed by atoms with E-state index in [4.69, 9.17) is 9.73 Å². The highest BCUT2D eigenvalue weighted by atomic mass is 16.5. The number of nitrogens with zero attached hydrogens (tertiary/aromatic N) is 3. The zero-order valence-corrected chi connectivity index (χ0v) is 17.3. The number of hydrogen-bond donors (Lipinski definition) is 2. The second-order valence-electron chi connectivity index (χ2n) is 8.04. The van der Waals surface area contributed by atoms with Crippen LogP contribution in [0.4, 0.5) is 0 Å². The summed E-state index contributed by atoms with van der Waals surface area (Å²) in [6.07, 6.45) is 3.90. The van der Waals surface area contributed by atoms with Gasteiger partial charge in [0.25, 0.3) is 0 Å². The van der Waals surface area contributed by atoms with E-state index in [0.717, 1.165) is 64.4 Å². The molecule has 2 fully saturated rings. The Morgan fingerprint density at radius 2 is 1.85 bits per heavy atom. The molecule has 0 saturated carbocycles. The highest BCUT2D eigenvalue weighted by Crippen LogP contribution is 2.15. The van der Waals surface area contributed by atoms with Gasteiger partial charge in [0.05, 0.1) is 13.2 Å². The van der Waals surface area contributed by atoms with Crippen LogP contribution in [0, 0.1) is 11.8 Å². The summed E-state index contributed by atoms with van der Waals surface area (Å²) < 4.78 is 5.42. The van der Waals surface area contributed by atoms with E-state index >= 15 is 0 Å². The first-order chi connectivity index (χ1) is 12.7. The average molecular weight is 368 g/mol. The van der Waals surface area contributed by atoms with E-state index in [2.05, 4.69) is 41.2 Å². The summed E-state index contributed by atoms with van der Waals surface area (Å²) in [5, 5.41) is 6.88. The lowest BCUT2D eigenvalue weighted by Crippen LogP contribution is -2.41. The molecule has 0 spiro atoms. The third-order valence-electron chi connectivity index (χ3n) is 5.40. The Balaban J connectivity index is 1.62. The standard InChI is InChI=1S/C20H41N5O/c1-4-21-20(22-8-5-9-24-10-6-18(2)7-11-24)23-16-19(3)17-25-12-14-26-15-13-25/h18-19H,4-17H2,1-3H3,(H2,21,22,23). The number of rotatable bonds is 9. The number of aliphatic imine (C=N–C) groups is 1. The number of hydrogen-bond acceptors (Lipinski definition) is 4. The van der Waals surface area contributed by atoms with Crippen molar-refractivity contribution in [2.24, 2.45) is 16.8 Å². The van der Waals surface area contributed by atoms with Crippen LogP contribution >= 0.6 is 0 Å². The SMILES string of the molecule is CCNC(=NCC(C)CN1CCOCC1)NCCCN1CCC(C)CC1. The van der Waals surface area contributed by atoms with Gasteiger partial charge in [-0.05, 0) is 57.7 Å². The molecule has 0 bridgehead atoms. The number of morpholine rings is 1. The first kappa shape index (κ1) is 21.5. The smallest absolute Gasteiger partial charge is 0.191 e. The molecular formula is C20H41N5O. The van der Waals surface area contributed by atoms with Crippen LogP contribution < -0.4 is 10.6 Å². The van der Waals surface area contributed by atoms with Crippen LogP contribution in [0.1, 0.15) is 40.0 Å². The molecule has 6 nitrogen and oxygen atoms in total. The Kier molecular flexibility index (Phi) is 10.3. The largest absolute Gasteiger partial charge is 0.379 e. The summed E-state index contributed by atoms with van der Waals surface area (Å²) in [6, 6.07) is 0. The number of guanidine groups is 1. The molecule has 1 unspecified atom stereocenters. The first-order valence-electron chi connectivity index (χ1n) is 10.7. The van der Waals surface area contributed by atoms with Crippen molar-refractivity contribution in [3.63, 3.8) is 0 Å². The monoisotopic (exact) mass is 367 g/mol. The third kappa shape index (κ3) is 8.69. The molecule has 2 aliphatic heterocycles. The Morgan fingerprint density at radius 1 is 1.12 bits per heavy atom. The zero-order chi connectivity index (χ0) is 18.6. The molecule has 2 N–H and O–H groups in total. The van der Waals surface area contributed by atoms with Gasteiger partial charge in [-0.25, -0.2) is 0 Å². The van der Waals surface area contributed by atoms with Gasteiger partial charge in [0.2, 0.25) is 0 Å². The van der Waals surface area contributed by atoms with Gasteiger partial charge < -0.3 is 20.3 Å². The topological polar surface area (TPSA) is 52.1 Å². The van der Waals surface area contributed by atoms with Crippen molar-refractivity contribution in [1.29, 1.82) is 0 Å².